The van der Waals surface area contributed by atoms with Crippen LogP contribution in [0.2, 0.25) is 0 Å². The summed E-state index contributed by atoms with van der Waals surface area (Å²) in [4.78, 5) is 0. The van der Waals surface area contributed by atoms with Crippen LogP contribution in [0.25, 0.3) is 0 Å². The Morgan fingerprint density at radius 1 is 1.05 bits per heavy atom. The number of benzene rings is 1. The Balaban J connectivity index is 2.82. The molecule has 1 aromatic rings. The second-order valence-corrected chi connectivity index (χ2v) is 10.2. The van der Waals surface area contributed by atoms with Gasteiger partial charge in [-0.3, -0.25) is 0 Å². The summed E-state index contributed by atoms with van der Waals surface area (Å²) in [5, 5.41) is 0. The Morgan fingerprint density at radius 2 is 1.55 bits per heavy atom. The van der Waals surface area contributed by atoms with Crippen LogP contribution in [-0.2, 0) is 17.3 Å². The summed E-state index contributed by atoms with van der Waals surface area (Å²) in [5.74, 6) is 1.03. The molecule has 0 atom stereocenters. The molecular weight excluding hydrogens is 336 g/mol. The van der Waals surface area contributed by atoms with Gasteiger partial charge in [0.2, 0.25) is 0 Å². The van der Waals surface area contributed by atoms with Crippen molar-refractivity contribution in [1.29, 1.82) is 0 Å². The van der Waals surface area contributed by atoms with Gasteiger partial charge in [0.15, 0.2) is 0 Å². The summed E-state index contributed by atoms with van der Waals surface area (Å²) in [7, 11) is 1.79. The normalized spacial score (nSPS) is 19.7. The van der Waals surface area contributed by atoms with Crippen molar-refractivity contribution in [2.24, 2.45) is 5.41 Å². The van der Waals surface area contributed by atoms with Crippen molar-refractivity contribution in [3.63, 3.8) is 0 Å². The lowest BCUT2D eigenvalue weighted by molar-refractivity contribution is 0.305. The van der Waals surface area contributed by atoms with Crippen LogP contribution < -0.4 is 4.74 Å². The fourth-order valence-electron chi connectivity index (χ4n) is 3.89. The molecule has 0 saturated heterocycles. The summed E-state index contributed by atoms with van der Waals surface area (Å²) >= 11 is 3.76. The first-order valence-corrected chi connectivity index (χ1v) is 9.09. The topological polar surface area (TPSA) is 9.23 Å². The van der Waals surface area contributed by atoms with E-state index in [9.17, 15) is 0 Å². The zero-order valence-electron chi connectivity index (χ0n) is 15.5. The van der Waals surface area contributed by atoms with Crippen LogP contribution in [0.15, 0.2) is 10.5 Å². The molecule has 0 unspecified atom stereocenters. The number of halogens is 1. The number of hydrogen-bond acceptors (Lipinski definition) is 1. The summed E-state index contributed by atoms with van der Waals surface area (Å²) in [6, 6.07) is 2.30. The van der Waals surface area contributed by atoms with Crippen LogP contribution in [0.5, 0.6) is 5.75 Å². The molecule has 22 heavy (non-hydrogen) atoms. The van der Waals surface area contributed by atoms with E-state index in [-0.39, 0.29) is 16.2 Å². The Morgan fingerprint density at radius 3 is 2.00 bits per heavy atom. The van der Waals surface area contributed by atoms with Crippen molar-refractivity contribution in [3.8, 4) is 5.75 Å². The predicted molar refractivity (Wildman–Crippen MR) is 99.1 cm³/mol. The van der Waals surface area contributed by atoms with Crippen LogP contribution in [-0.4, -0.2) is 7.11 Å². The first kappa shape index (κ1) is 17.8. The highest BCUT2D eigenvalue weighted by atomic mass is 79.9. The van der Waals surface area contributed by atoms with Crippen LogP contribution in [0.3, 0.4) is 0 Å². The van der Waals surface area contributed by atoms with E-state index in [1.807, 2.05) is 0 Å². The van der Waals surface area contributed by atoms with Gasteiger partial charge in [-0.15, -0.1) is 0 Å². The standard InChI is InChI=1S/C20H31BrO/c1-18(2,3)12-13-11-14(21)17(22-8)16-15(13)19(4,5)9-10-20(16,6)7/h11H,9-10,12H2,1-8H3. The number of hydrogen-bond donors (Lipinski definition) is 0. The number of fused-ring (bicyclic) bond motifs is 1. The fourth-order valence-corrected chi connectivity index (χ4v) is 4.52. The molecule has 124 valence electrons. The highest BCUT2D eigenvalue weighted by molar-refractivity contribution is 9.10. The Hall–Kier alpha value is -0.500. The quantitative estimate of drug-likeness (QED) is 0.588. The maximum atomic E-state index is 5.81. The van der Waals surface area contributed by atoms with Gasteiger partial charge in [-0.25, -0.2) is 0 Å². The van der Waals surface area contributed by atoms with Crippen molar-refractivity contribution < 1.29 is 4.74 Å². The van der Waals surface area contributed by atoms with E-state index in [4.69, 9.17) is 4.74 Å². The fraction of sp³-hybridized carbons (Fsp3) is 0.700. The lowest BCUT2D eigenvalue weighted by Gasteiger charge is -2.44. The smallest absolute Gasteiger partial charge is 0.137 e. The Kier molecular flexibility index (Phi) is 4.50. The van der Waals surface area contributed by atoms with Gasteiger partial charge < -0.3 is 4.74 Å². The van der Waals surface area contributed by atoms with Crippen LogP contribution >= 0.6 is 15.9 Å². The summed E-state index contributed by atoms with van der Waals surface area (Å²) in [6.45, 7) is 16.4. The molecule has 0 heterocycles. The predicted octanol–water partition coefficient (Wildman–Crippen LogP) is 6.40. The van der Waals surface area contributed by atoms with E-state index < -0.39 is 0 Å². The van der Waals surface area contributed by atoms with Crippen molar-refractivity contribution in [2.45, 2.75) is 78.6 Å². The van der Waals surface area contributed by atoms with E-state index in [1.54, 1.807) is 7.11 Å². The number of ether oxygens (including phenoxy) is 1. The summed E-state index contributed by atoms with van der Waals surface area (Å²) in [5.41, 5.74) is 5.07. The highest BCUT2D eigenvalue weighted by Crippen LogP contribution is 2.53. The Bertz CT molecular complexity index is 576. The third kappa shape index (κ3) is 3.22. The molecular formula is C20H31BrO. The van der Waals surface area contributed by atoms with Gasteiger partial charge in [-0.05, 0) is 68.6 Å². The van der Waals surface area contributed by atoms with Gasteiger partial charge in [0.1, 0.15) is 5.75 Å². The second kappa shape index (κ2) is 5.54. The number of methoxy groups -OCH3 is 1. The zero-order valence-corrected chi connectivity index (χ0v) is 17.1. The molecule has 0 spiro atoms. The van der Waals surface area contributed by atoms with Crippen molar-refractivity contribution >= 4 is 15.9 Å². The van der Waals surface area contributed by atoms with Crippen molar-refractivity contribution in [2.75, 3.05) is 7.11 Å². The van der Waals surface area contributed by atoms with Crippen molar-refractivity contribution in [3.05, 3.63) is 27.2 Å². The first-order valence-electron chi connectivity index (χ1n) is 8.29. The lowest BCUT2D eigenvalue weighted by atomic mass is 9.61. The zero-order chi connectivity index (χ0) is 16.9. The highest BCUT2D eigenvalue weighted by Gasteiger charge is 2.41. The van der Waals surface area contributed by atoms with E-state index in [0.29, 0.717) is 0 Å². The maximum Gasteiger partial charge on any atom is 0.137 e. The van der Waals surface area contributed by atoms with Crippen molar-refractivity contribution in [1.82, 2.24) is 0 Å². The van der Waals surface area contributed by atoms with E-state index in [1.165, 1.54) is 29.5 Å². The molecule has 2 heteroatoms. The minimum atomic E-state index is 0.159. The molecule has 0 fully saturated rings. The summed E-state index contributed by atoms with van der Waals surface area (Å²) < 4.78 is 6.91. The molecule has 1 aliphatic carbocycles. The lowest BCUT2D eigenvalue weighted by Crippen LogP contribution is -2.36. The first-order chi connectivity index (χ1) is 9.89. The van der Waals surface area contributed by atoms with Gasteiger partial charge in [-0.2, -0.15) is 0 Å². The average Bonchev–Trinajstić information content (AvgIpc) is 2.32. The number of rotatable bonds is 2. The van der Waals surface area contributed by atoms with Crippen LogP contribution in [0.4, 0.5) is 0 Å². The molecule has 0 N–H and O–H groups in total. The molecule has 0 amide bonds. The van der Waals surface area contributed by atoms with E-state index >= 15 is 0 Å². The SMILES string of the molecule is COc1c(Br)cc(CC(C)(C)C)c2c1C(C)(C)CCC2(C)C. The van der Waals surface area contributed by atoms with Gasteiger partial charge in [0, 0.05) is 5.56 Å². The molecule has 1 aliphatic rings. The van der Waals surface area contributed by atoms with E-state index in [2.05, 4.69) is 70.5 Å². The molecule has 1 nitrogen and oxygen atoms in total. The second-order valence-electron chi connectivity index (χ2n) is 9.31. The molecule has 0 aliphatic heterocycles. The molecule has 0 aromatic heterocycles. The largest absolute Gasteiger partial charge is 0.495 e. The minimum Gasteiger partial charge on any atom is -0.495 e. The molecule has 0 bridgehead atoms. The third-order valence-corrected chi connectivity index (χ3v) is 5.56. The van der Waals surface area contributed by atoms with Crippen LogP contribution in [0.1, 0.15) is 78.0 Å². The summed E-state index contributed by atoms with van der Waals surface area (Å²) in [6.07, 6.45) is 3.53. The van der Waals surface area contributed by atoms with Gasteiger partial charge in [0.05, 0.1) is 11.6 Å². The molecule has 2 rings (SSSR count). The average molecular weight is 367 g/mol. The Labute approximate surface area is 145 Å². The van der Waals surface area contributed by atoms with Gasteiger partial charge in [0.25, 0.3) is 0 Å². The van der Waals surface area contributed by atoms with Crippen LogP contribution in [0, 0.1) is 5.41 Å². The molecule has 1 aromatic carbocycles. The molecule has 0 radical (unpaired) electrons. The van der Waals surface area contributed by atoms with E-state index in [0.717, 1.165) is 16.6 Å². The third-order valence-electron chi connectivity index (χ3n) is 4.97. The minimum absolute atomic E-state index is 0.159. The monoisotopic (exact) mass is 366 g/mol. The molecule has 0 saturated carbocycles. The van der Waals surface area contributed by atoms with Gasteiger partial charge in [-0.1, -0.05) is 48.5 Å². The maximum absolute atomic E-state index is 5.81. The van der Waals surface area contributed by atoms with Gasteiger partial charge >= 0.3 is 0 Å².